The first kappa shape index (κ1) is 20.9. The minimum atomic E-state index is -0.241. The number of nitrogens with zero attached hydrogens (tertiary/aromatic N) is 3. The Kier molecular flexibility index (Phi) is 5.12. The highest BCUT2D eigenvalue weighted by atomic mass is 35.5. The molecule has 1 amide bonds. The zero-order valence-electron chi connectivity index (χ0n) is 18.3. The summed E-state index contributed by atoms with van der Waals surface area (Å²) in [7, 11) is 0. The third kappa shape index (κ3) is 3.74. The quantitative estimate of drug-likeness (QED) is 0.455. The van der Waals surface area contributed by atoms with Crippen LogP contribution in [0.4, 0.5) is 0 Å². The van der Waals surface area contributed by atoms with Gasteiger partial charge < -0.3 is 19.3 Å². The largest absolute Gasteiger partial charge is 0.454 e. The Bertz CT molecular complexity index is 1490. The Morgan fingerprint density at radius 1 is 1.03 bits per heavy atom. The van der Waals surface area contributed by atoms with E-state index in [2.05, 4.69) is 11.1 Å². The summed E-state index contributed by atoms with van der Waals surface area (Å²) in [6.45, 7) is 4.13. The molecular formula is C25H22ClN4O4+. The molecule has 0 spiro atoms. The number of hydrogen-bond acceptors (Lipinski definition) is 5. The summed E-state index contributed by atoms with van der Waals surface area (Å²) in [5.74, 6) is 1.50. The van der Waals surface area contributed by atoms with E-state index in [0.717, 1.165) is 31.1 Å². The van der Waals surface area contributed by atoms with Gasteiger partial charge in [-0.05, 0) is 48.5 Å². The zero-order chi connectivity index (χ0) is 23.2. The molecule has 4 aromatic rings. The monoisotopic (exact) mass is 477 g/mol. The second-order valence-corrected chi connectivity index (χ2v) is 9.07. The average molecular weight is 478 g/mol. The zero-order valence-corrected chi connectivity index (χ0v) is 19.0. The van der Waals surface area contributed by atoms with Crippen molar-refractivity contribution >= 4 is 34.1 Å². The number of hydrogen-bond donors (Lipinski definition) is 1. The van der Waals surface area contributed by atoms with Crippen LogP contribution < -0.4 is 19.9 Å². The molecule has 4 heterocycles. The molecule has 0 saturated carbocycles. The highest BCUT2D eigenvalue weighted by Gasteiger charge is 2.26. The van der Waals surface area contributed by atoms with Crippen LogP contribution in [0, 0.1) is 0 Å². The number of quaternary nitrogens is 1. The lowest BCUT2D eigenvalue weighted by Gasteiger charge is -2.32. The van der Waals surface area contributed by atoms with E-state index in [1.54, 1.807) is 36.5 Å². The molecule has 1 saturated heterocycles. The predicted octanol–water partition coefficient (Wildman–Crippen LogP) is 1.77. The number of nitrogens with one attached hydrogen (secondary N) is 1. The van der Waals surface area contributed by atoms with E-state index >= 15 is 0 Å². The topological polar surface area (TPSA) is 77.6 Å². The van der Waals surface area contributed by atoms with E-state index < -0.39 is 0 Å². The van der Waals surface area contributed by atoms with Gasteiger partial charge in [0.2, 0.25) is 6.79 Å². The Balaban J connectivity index is 1.17. The lowest BCUT2D eigenvalue weighted by Crippen LogP contribution is -3.13. The maximum atomic E-state index is 13.2. The molecule has 0 radical (unpaired) electrons. The first-order valence-corrected chi connectivity index (χ1v) is 11.6. The molecule has 0 atom stereocenters. The van der Waals surface area contributed by atoms with Crippen LogP contribution in [-0.4, -0.2) is 53.2 Å². The van der Waals surface area contributed by atoms with Crippen LogP contribution in [0.3, 0.4) is 0 Å². The van der Waals surface area contributed by atoms with Gasteiger partial charge in [0.05, 0.1) is 42.6 Å². The Morgan fingerprint density at radius 2 is 1.85 bits per heavy atom. The van der Waals surface area contributed by atoms with Gasteiger partial charge in [-0.3, -0.25) is 14.0 Å². The maximum absolute atomic E-state index is 13.2. The number of halogens is 1. The lowest BCUT2D eigenvalue weighted by molar-refractivity contribution is -0.917. The number of fused-ring (bicyclic) bond motifs is 3. The van der Waals surface area contributed by atoms with Crippen molar-refractivity contribution in [2.75, 3.05) is 33.0 Å². The Hall–Kier alpha value is -3.62. The summed E-state index contributed by atoms with van der Waals surface area (Å²) in [4.78, 5) is 34.0. The van der Waals surface area contributed by atoms with Gasteiger partial charge in [-0.15, -0.1) is 0 Å². The van der Waals surface area contributed by atoms with Crippen LogP contribution in [-0.2, 0) is 6.54 Å². The first-order valence-electron chi connectivity index (χ1n) is 11.2. The second kappa shape index (κ2) is 8.30. The van der Waals surface area contributed by atoms with E-state index in [0.29, 0.717) is 40.2 Å². The number of amides is 1. The average Bonchev–Trinajstić information content (AvgIpc) is 3.33. The van der Waals surface area contributed by atoms with E-state index in [-0.39, 0.29) is 18.3 Å². The fraction of sp³-hybridized carbons (Fsp3) is 0.240. The molecule has 0 unspecified atom stereocenters. The summed E-state index contributed by atoms with van der Waals surface area (Å²) in [5.41, 5.74) is 2.49. The fourth-order valence-corrected chi connectivity index (χ4v) is 4.80. The van der Waals surface area contributed by atoms with Crippen molar-refractivity contribution in [2.45, 2.75) is 6.54 Å². The third-order valence-electron chi connectivity index (χ3n) is 6.47. The molecule has 2 aromatic carbocycles. The van der Waals surface area contributed by atoms with Gasteiger partial charge in [-0.1, -0.05) is 11.6 Å². The molecule has 1 N–H and O–H groups in total. The summed E-state index contributed by atoms with van der Waals surface area (Å²) in [5, 5.41) is 0.898. The number of carbonyl (C=O) groups is 1. The summed E-state index contributed by atoms with van der Waals surface area (Å²) in [6, 6.07) is 14.5. The number of pyridine rings is 1. The molecule has 34 heavy (non-hydrogen) atoms. The number of carbonyl (C=O) groups excluding carboxylic acids is 1. The summed E-state index contributed by atoms with van der Waals surface area (Å²) in [6.07, 6.45) is 1.58. The van der Waals surface area contributed by atoms with E-state index in [1.807, 2.05) is 17.0 Å². The molecule has 2 aromatic heterocycles. The molecule has 2 aliphatic heterocycles. The van der Waals surface area contributed by atoms with Crippen LogP contribution in [0.25, 0.3) is 16.6 Å². The molecule has 0 aliphatic carbocycles. The van der Waals surface area contributed by atoms with Crippen molar-refractivity contribution in [1.82, 2.24) is 14.3 Å². The number of benzene rings is 2. The van der Waals surface area contributed by atoms with Gasteiger partial charge in [0.25, 0.3) is 11.5 Å². The van der Waals surface area contributed by atoms with Crippen LogP contribution in [0.1, 0.15) is 15.9 Å². The van der Waals surface area contributed by atoms with Crippen molar-refractivity contribution in [1.29, 1.82) is 0 Å². The highest BCUT2D eigenvalue weighted by molar-refractivity contribution is 6.31. The molecule has 172 valence electrons. The summed E-state index contributed by atoms with van der Waals surface area (Å²) < 4.78 is 12.3. The predicted molar refractivity (Wildman–Crippen MR) is 127 cm³/mol. The minimum Gasteiger partial charge on any atom is -0.454 e. The molecule has 1 fully saturated rings. The summed E-state index contributed by atoms with van der Waals surface area (Å²) >= 11 is 6.06. The lowest BCUT2D eigenvalue weighted by atomic mass is 10.1. The molecule has 8 nitrogen and oxygen atoms in total. The number of piperazine rings is 1. The fourth-order valence-electron chi connectivity index (χ4n) is 4.63. The SMILES string of the molecule is O=C(c1ccc2nc3ccc(Cl)cc3c(=O)n2c1)N1CC[NH+](Cc2ccc3c(c2)OCO3)CC1. The standard InChI is InChI=1S/C25H21ClN4O4/c26-18-3-4-20-19(12-18)25(32)30-14-17(2-6-23(30)27-20)24(31)29-9-7-28(8-10-29)13-16-1-5-21-22(11-16)34-15-33-21/h1-6,11-12,14H,7-10,13,15H2/p+1. The van der Waals surface area contributed by atoms with Gasteiger partial charge in [-0.25, -0.2) is 4.98 Å². The van der Waals surface area contributed by atoms with E-state index in [1.165, 1.54) is 14.9 Å². The van der Waals surface area contributed by atoms with Crippen molar-refractivity contribution in [3.63, 3.8) is 0 Å². The number of rotatable bonds is 3. The number of aromatic nitrogens is 2. The van der Waals surface area contributed by atoms with Crippen molar-refractivity contribution in [3.8, 4) is 11.5 Å². The van der Waals surface area contributed by atoms with Gasteiger partial charge >= 0.3 is 0 Å². The van der Waals surface area contributed by atoms with Gasteiger partial charge in [0.1, 0.15) is 12.2 Å². The van der Waals surface area contributed by atoms with Crippen LogP contribution in [0.2, 0.25) is 5.02 Å². The van der Waals surface area contributed by atoms with Crippen molar-refractivity contribution < 1.29 is 19.2 Å². The smallest absolute Gasteiger partial charge is 0.265 e. The van der Waals surface area contributed by atoms with Gasteiger partial charge in [0.15, 0.2) is 11.5 Å². The minimum absolute atomic E-state index is 0.0814. The van der Waals surface area contributed by atoms with E-state index in [4.69, 9.17) is 21.1 Å². The molecular weight excluding hydrogens is 456 g/mol. The third-order valence-corrected chi connectivity index (χ3v) is 6.70. The Labute approximate surface area is 199 Å². The van der Waals surface area contributed by atoms with Crippen molar-refractivity contribution in [2.24, 2.45) is 0 Å². The normalized spacial score (nSPS) is 15.9. The first-order chi connectivity index (χ1) is 16.5. The van der Waals surface area contributed by atoms with Gasteiger partial charge in [-0.2, -0.15) is 0 Å². The van der Waals surface area contributed by atoms with Crippen LogP contribution in [0.15, 0.2) is 59.5 Å². The van der Waals surface area contributed by atoms with Crippen LogP contribution >= 0.6 is 11.6 Å². The maximum Gasteiger partial charge on any atom is 0.265 e. The van der Waals surface area contributed by atoms with Gasteiger partial charge in [0, 0.05) is 16.8 Å². The van der Waals surface area contributed by atoms with Crippen LogP contribution in [0.5, 0.6) is 11.5 Å². The van der Waals surface area contributed by atoms with Crippen molar-refractivity contribution in [3.05, 3.63) is 81.2 Å². The second-order valence-electron chi connectivity index (χ2n) is 8.63. The molecule has 2 aliphatic rings. The molecule has 9 heteroatoms. The highest BCUT2D eigenvalue weighted by Crippen LogP contribution is 2.32. The Morgan fingerprint density at radius 3 is 2.71 bits per heavy atom. The number of ether oxygens (including phenoxy) is 2. The van der Waals surface area contributed by atoms with E-state index in [9.17, 15) is 9.59 Å². The molecule has 0 bridgehead atoms. The molecule has 6 rings (SSSR count).